The van der Waals surface area contributed by atoms with Gasteiger partial charge in [-0.2, -0.15) is 0 Å². The zero-order valence-electron chi connectivity index (χ0n) is 10.0. The molecule has 0 saturated carbocycles. The first-order valence-corrected chi connectivity index (χ1v) is 5.57. The molecule has 2 rings (SSSR count). The summed E-state index contributed by atoms with van der Waals surface area (Å²) in [6.07, 6.45) is 1.66. The van der Waals surface area contributed by atoms with Crippen molar-refractivity contribution in [3.63, 3.8) is 0 Å². The maximum atomic E-state index is 11.8. The van der Waals surface area contributed by atoms with Gasteiger partial charge in [-0.05, 0) is 29.8 Å². The van der Waals surface area contributed by atoms with Gasteiger partial charge in [0.25, 0.3) is 0 Å². The van der Waals surface area contributed by atoms with Crippen LogP contribution in [0, 0.1) is 0 Å². The first-order valence-electron chi connectivity index (χ1n) is 5.57. The van der Waals surface area contributed by atoms with Crippen LogP contribution >= 0.6 is 0 Å². The summed E-state index contributed by atoms with van der Waals surface area (Å²) in [5, 5.41) is 18.8. The number of phenolic OH excluding ortho intramolecular Hbond substituents is 2. The number of carbonyl (C=O) groups is 1. The Hall–Kier alpha value is -2.75. The van der Waals surface area contributed by atoms with E-state index in [-0.39, 0.29) is 11.5 Å². The van der Waals surface area contributed by atoms with Gasteiger partial charge in [-0.3, -0.25) is 0 Å². The van der Waals surface area contributed by atoms with Crippen molar-refractivity contribution in [2.45, 2.75) is 0 Å². The van der Waals surface area contributed by atoms with Crippen LogP contribution in [-0.2, 0) is 0 Å². The molecular formula is C15H12O4. The third kappa shape index (κ3) is 2.74. The summed E-state index contributed by atoms with van der Waals surface area (Å²) in [5.41, 5.74) is 1.23. The molecule has 0 radical (unpaired) electrons. The molecule has 0 aliphatic carbocycles. The Morgan fingerprint density at radius 2 is 1.79 bits per heavy atom. The summed E-state index contributed by atoms with van der Waals surface area (Å²) < 4.78 is 5.01. The quantitative estimate of drug-likeness (QED) is 0.503. The molecule has 0 saturated heterocycles. The highest BCUT2D eigenvalue weighted by molar-refractivity contribution is 5.91. The summed E-state index contributed by atoms with van der Waals surface area (Å²) in [5.74, 6) is -1.50. The van der Waals surface area contributed by atoms with Crippen LogP contribution in [0.15, 0.2) is 49.0 Å². The number of esters is 1. The molecule has 2 aromatic carbocycles. The molecule has 0 heterocycles. The van der Waals surface area contributed by atoms with Gasteiger partial charge >= 0.3 is 5.97 Å². The average molecular weight is 256 g/mol. The number of hydrogen-bond donors (Lipinski definition) is 2. The Bertz CT molecular complexity index is 615. The predicted octanol–water partition coefficient (Wildman–Crippen LogP) is 2.96. The molecule has 96 valence electrons. The lowest BCUT2D eigenvalue weighted by molar-refractivity contribution is 0.0729. The normalized spacial score (nSPS) is 9.89. The molecule has 0 amide bonds. The van der Waals surface area contributed by atoms with E-state index in [0.29, 0.717) is 5.56 Å². The molecule has 19 heavy (non-hydrogen) atoms. The number of benzene rings is 2. The fourth-order valence-corrected chi connectivity index (χ4v) is 1.51. The van der Waals surface area contributed by atoms with Gasteiger partial charge in [-0.15, -0.1) is 0 Å². The van der Waals surface area contributed by atoms with Crippen molar-refractivity contribution in [1.29, 1.82) is 0 Å². The highest BCUT2D eigenvalue weighted by Crippen LogP contribution is 2.34. The van der Waals surface area contributed by atoms with Crippen molar-refractivity contribution >= 4 is 12.0 Å². The van der Waals surface area contributed by atoms with E-state index in [2.05, 4.69) is 6.58 Å². The Labute approximate surface area is 110 Å². The lowest BCUT2D eigenvalue weighted by Gasteiger charge is -2.07. The maximum absolute atomic E-state index is 11.8. The molecule has 2 aromatic rings. The molecule has 0 bridgehead atoms. The minimum Gasteiger partial charge on any atom is -0.504 e. The Kier molecular flexibility index (Phi) is 3.52. The SMILES string of the molecule is C=Cc1ccc(C(=O)Oc2cccc(O)c2O)cc1. The van der Waals surface area contributed by atoms with Crippen LogP contribution in [0.2, 0.25) is 0 Å². The maximum Gasteiger partial charge on any atom is 0.343 e. The topological polar surface area (TPSA) is 66.8 Å². The minimum atomic E-state index is -0.614. The second kappa shape index (κ2) is 5.27. The average Bonchev–Trinajstić information content (AvgIpc) is 2.44. The molecule has 0 aromatic heterocycles. The lowest BCUT2D eigenvalue weighted by atomic mass is 10.1. The minimum absolute atomic E-state index is 0.0854. The lowest BCUT2D eigenvalue weighted by Crippen LogP contribution is -2.08. The van der Waals surface area contributed by atoms with E-state index < -0.39 is 11.7 Å². The van der Waals surface area contributed by atoms with Crippen LogP contribution in [0.4, 0.5) is 0 Å². The molecule has 0 spiro atoms. The van der Waals surface area contributed by atoms with Crippen LogP contribution in [0.1, 0.15) is 15.9 Å². The van der Waals surface area contributed by atoms with E-state index in [1.54, 1.807) is 30.3 Å². The zero-order valence-corrected chi connectivity index (χ0v) is 10.0. The Balaban J connectivity index is 2.20. The predicted molar refractivity (Wildman–Crippen MR) is 71.3 cm³/mol. The Morgan fingerprint density at radius 1 is 1.11 bits per heavy atom. The smallest absolute Gasteiger partial charge is 0.343 e. The van der Waals surface area contributed by atoms with E-state index in [0.717, 1.165) is 5.56 Å². The number of aromatic hydroxyl groups is 2. The number of hydrogen-bond acceptors (Lipinski definition) is 4. The summed E-state index contributed by atoms with van der Waals surface area (Å²) in [6, 6.07) is 10.8. The van der Waals surface area contributed by atoms with Crippen LogP contribution < -0.4 is 4.74 Å². The number of rotatable bonds is 3. The molecule has 0 aliphatic rings. The summed E-state index contributed by atoms with van der Waals surface area (Å²) in [4.78, 5) is 11.8. The second-order valence-corrected chi connectivity index (χ2v) is 3.84. The molecule has 4 nitrogen and oxygen atoms in total. The molecule has 0 unspecified atom stereocenters. The van der Waals surface area contributed by atoms with Gasteiger partial charge in [0.05, 0.1) is 5.56 Å². The zero-order chi connectivity index (χ0) is 13.8. The van der Waals surface area contributed by atoms with Crippen molar-refractivity contribution in [2.24, 2.45) is 0 Å². The third-order valence-electron chi connectivity index (χ3n) is 2.56. The largest absolute Gasteiger partial charge is 0.504 e. The van der Waals surface area contributed by atoms with Gasteiger partial charge in [0.1, 0.15) is 0 Å². The van der Waals surface area contributed by atoms with E-state index in [1.807, 2.05) is 0 Å². The first kappa shape index (κ1) is 12.7. The number of ether oxygens (including phenoxy) is 1. The Morgan fingerprint density at radius 3 is 2.42 bits per heavy atom. The summed E-state index contributed by atoms with van der Waals surface area (Å²) in [6.45, 7) is 3.62. The second-order valence-electron chi connectivity index (χ2n) is 3.84. The molecule has 0 atom stereocenters. The van der Waals surface area contributed by atoms with Crippen molar-refractivity contribution < 1.29 is 19.7 Å². The summed E-state index contributed by atoms with van der Waals surface area (Å²) >= 11 is 0. The van der Waals surface area contributed by atoms with E-state index in [9.17, 15) is 15.0 Å². The highest BCUT2D eigenvalue weighted by atomic mass is 16.5. The van der Waals surface area contributed by atoms with E-state index >= 15 is 0 Å². The van der Waals surface area contributed by atoms with Crippen molar-refractivity contribution in [1.82, 2.24) is 0 Å². The van der Waals surface area contributed by atoms with Gasteiger partial charge in [-0.25, -0.2) is 4.79 Å². The van der Waals surface area contributed by atoms with Crippen molar-refractivity contribution in [3.8, 4) is 17.2 Å². The van der Waals surface area contributed by atoms with Crippen molar-refractivity contribution in [2.75, 3.05) is 0 Å². The highest BCUT2D eigenvalue weighted by Gasteiger charge is 2.13. The van der Waals surface area contributed by atoms with Gasteiger partial charge in [-0.1, -0.05) is 30.9 Å². The van der Waals surface area contributed by atoms with Gasteiger partial charge in [0.2, 0.25) is 5.75 Å². The fourth-order valence-electron chi connectivity index (χ4n) is 1.51. The molecule has 2 N–H and O–H groups in total. The molecule has 4 heteroatoms. The molecular weight excluding hydrogens is 244 g/mol. The number of carbonyl (C=O) groups excluding carboxylic acids is 1. The van der Waals surface area contributed by atoms with Crippen LogP contribution in [0.25, 0.3) is 6.08 Å². The molecule has 0 fully saturated rings. The van der Waals surface area contributed by atoms with E-state index in [4.69, 9.17) is 4.74 Å². The number of phenols is 2. The fraction of sp³-hybridized carbons (Fsp3) is 0. The third-order valence-corrected chi connectivity index (χ3v) is 2.56. The van der Waals surface area contributed by atoms with Crippen LogP contribution in [0.3, 0.4) is 0 Å². The monoisotopic (exact) mass is 256 g/mol. The van der Waals surface area contributed by atoms with Crippen molar-refractivity contribution in [3.05, 3.63) is 60.2 Å². The van der Waals surface area contributed by atoms with Gasteiger partial charge in [0.15, 0.2) is 11.5 Å². The van der Waals surface area contributed by atoms with Gasteiger partial charge in [0, 0.05) is 0 Å². The summed E-state index contributed by atoms with van der Waals surface area (Å²) in [7, 11) is 0. The van der Waals surface area contributed by atoms with Gasteiger partial charge < -0.3 is 14.9 Å². The van der Waals surface area contributed by atoms with Crippen LogP contribution in [-0.4, -0.2) is 16.2 Å². The van der Waals surface area contributed by atoms with E-state index in [1.165, 1.54) is 18.2 Å². The van der Waals surface area contributed by atoms with Crippen LogP contribution in [0.5, 0.6) is 17.2 Å². The number of para-hydroxylation sites is 1. The molecule has 0 aliphatic heterocycles. The standard InChI is InChI=1S/C15H12O4/c1-2-10-6-8-11(9-7-10)15(18)19-13-5-3-4-12(16)14(13)17/h2-9,16-17H,1H2. The first-order chi connectivity index (χ1) is 9.11.